The first-order chi connectivity index (χ1) is 19.4. The van der Waals surface area contributed by atoms with Gasteiger partial charge in [0.1, 0.15) is 18.5 Å². The molecule has 0 bridgehead atoms. The molecule has 1 fully saturated rings. The van der Waals surface area contributed by atoms with Crippen LogP contribution in [0.25, 0.3) is 0 Å². The van der Waals surface area contributed by atoms with Crippen molar-refractivity contribution >= 4 is 29.5 Å². The van der Waals surface area contributed by atoms with Crippen molar-refractivity contribution in [2.24, 2.45) is 5.92 Å². The van der Waals surface area contributed by atoms with Gasteiger partial charge in [-0.25, -0.2) is 4.79 Å². The summed E-state index contributed by atoms with van der Waals surface area (Å²) in [5.41, 5.74) is -0.487. The molecule has 3 rings (SSSR count). The van der Waals surface area contributed by atoms with Crippen LogP contribution in [0.4, 0.5) is 16.2 Å². The minimum atomic E-state index is -1.35. The van der Waals surface area contributed by atoms with Crippen LogP contribution in [0.1, 0.15) is 39.7 Å². The highest BCUT2D eigenvalue weighted by Crippen LogP contribution is 2.36. The number of nitro benzene ring substituents is 2. The fraction of sp³-hybridized carbons (Fsp3) is 0.423. The molecule has 5 atom stereocenters. The van der Waals surface area contributed by atoms with Gasteiger partial charge in [0, 0.05) is 38.0 Å². The molecule has 0 saturated carbocycles. The predicted molar refractivity (Wildman–Crippen MR) is 137 cm³/mol. The molecule has 15 nitrogen and oxygen atoms in total. The third kappa shape index (κ3) is 8.11. The minimum absolute atomic E-state index is 0.00287. The van der Waals surface area contributed by atoms with Crippen LogP contribution in [0.3, 0.4) is 0 Å². The zero-order chi connectivity index (χ0) is 30.3. The van der Waals surface area contributed by atoms with E-state index in [9.17, 15) is 34.6 Å². The quantitative estimate of drug-likeness (QED) is 0.128. The molecule has 2 aromatic rings. The third-order valence-electron chi connectivity index (χ3n) is 6.08. The number of benzene rings is 2. The number of hydrogen-bond acceptors (Lipinski definition) is 13. The van der Waals surface area contributed by atoms with Crippen molar-refractivity contribution in [3.63, 3.8) is 0 Å². The first-order valence-electron chi connectivity index (χ1n) is 12.4. The predicted octanol–water partition coefficient (Wildman–Crippen LogP) is 4.23. The van der Waals surface area contributed by atoms with E-state index < -0.39 is 64.8 Å². The minimum Gasteiger partial charge on any atom is -0.458 e. The molecule has 220 valence electrons. The van der Waals surface area contributed by atoms with Crippen molar-refractivity contribution in [3.8, 4) is 11.5 Å². The summed E-state index contributed by atoms with van der Waals surface area (Å²) in [6, 6.07) is 8.48. The summed E-state index contributed by atoms with van der Waals surface area (Å²) in [6.45, 7) is 5.55. The van der Waals surface area contributed by atoms with Crippen molar-refractivity contribution in [3.05, 3.63) is 68.3 Å². The summed E-state index contributed by atoms with van der Waals surface area (Å²) in [5, 5.41) is 22.6. The molecule has 0 spiro atoms. The molecule has 41 heavy (non-hydrogen) atoms. The van der Waals surface area contributed by atoms with E-state index in [1.165, 1.54) is 31.2 Å². The van der Waals surface area contributed by atoms with E-state index in [0.717, 1.165) is 25.1 Å². The second-order valence-corrected chi connectivity index (χ2v) is 9.03. The summed E-state index contributed by atoms with van der Waals surface area (Å²) >= 11 is 0. The molecule has 0 amide bonds. The van der Waals surface area contributed by atoms with Gasteiger partial charge < -0.3 is 28.4 Å². The van der Waals surface area contributed by atoms with Gasteiger partial charge in [0.15, 0.2) is 5.75 Å². The summed E-state index contributed by atoms with van der Waals surface area (Å²) in [5.74, 6) is -1.93. The van der Waals surface area contributed by atoms with Crippen molar-refractivity contribution in [2.75, 3.05) is 0 Å². The van der Waals surface area contributed by atoms with Gasteiger partial charge in [0.25, 0.3) is 5.69 Å². The van der Waals surface area contributed by atoms with E-state index in [1.54, 1.807) is 6.92 Å². The molecular formula is C26H28N2O13. The maximum atomic E-state index is 12.0. The van der Waals surface area contributed by atoms with Gasteiger partial charge in [-0.15, -0.1) is 0 Å². The molecule has 0 aliphatic carbocycles. The smallest absolute Gasteiger partial charge is 0.458 e. The fourth-order valence-corrected chi connectivity index (χ4v) is 4.21. The van der Waals surface area contributed by atoms with Crippen molar-refractivity contribution < 1.29 is 52.7 Å². The molecule has 0 N–H and O–H groups in total. The lowest BCUT2D eigenvalue weighted by atomic mass is 9.89. The van der Waals surface area contributed by atoms with Crippen LogP contribution < -0.4 is 9.47 Å². The standard InChI is InChI=1S/C26H28N2O13/c1-5-21-14(2)23(37-15(3)29)24(38-16(4)30)25(40-21)41-22-11-6-17(12-20(22)28(34)35)13-36-26(31)39-19-9-7-18(8-10-19)27(32)33/h6-12,14,21,23-25H,5,13H2,1-4H3/t14-,21-,23+,24+,25?/m1/s1. The monoisotopic (exact) mass is 576 g/mol. The van der Waals surface area contributed by atoms with Crippen molar-refractivity contribution in [2.45, 2.75) is 65.3 Å². The van der Waals surface area contributed by atoms with Crippen LogP contribution in [0.2, 0.25) is 0 Å². The Morgan fingerprint density at radius 1 is 0.927 bits per heavy atom. The van der Waals surface area contributed by atoms with E-state index in [0.29, 0.717) is 6.42 Å². The lowest BCUT2D eigenvalue weighted by Gasteiger charge is -2.43. The number of hydrogen-bond donors (Lipinski definition) is 0. The SMILES string of the molecule is CC[C@H]1OC(Oc2ccc(COC(=O)Oc3ccc([N+](=O)[O-])cc3)cc2[N+](=O)[O-])[C@@H](OC(C)=O)[C@@H](OC(C)=O)[C@@H]1C. The maximum Gasteiger partial charge on any atom is 0.514 e. The van der Waals surface area contributed by atoms with Crippen LogP contribution >= 0.6 is 0 Å². The van der Waals surface area contributed by atoms with Gasteiger partial charge in [0.2, 0.25) is 12.4 Å². The fourth-order valence-electron chi connectivity index (χ4n) is 4.21. The number of nitro groups is 2. The Morgan fingerprint density at radius 2 is 1.56 bits per heavy atom. The Bertz CT molecular complexity index is 1300. The molecule has 1 saturated heterocycles. The number of nitrogens with zero attached hydrogens (tertiary/aromatic N) is 2. The topological polar surface area (TPSA) is 193 Å². The number of ether oxygens (including phenoxy) is 6. The molecule has 2 aromatic carbocycles. The van der Waals surface area contributed by atoms with Gasteiger partial charge in [-0.2, -0.15) is 0 Å². The van der Waals surface area contributed by atoms with Crippen LogP contribution in [-0.4, -0.2) is 52.5 Å². The van der Waals surface area contributed by atoms with Crippen LogP contribution in [0.5, 0.6) is 11.5 Å². The van der Waals surface area contributed by atoms with Gasteiger partial charge >= 0.3 is 23.8 Å². The highest BCUT2D eigenvalue weighted by Gasteiger charge is 2.49. The molecule has 0 aromatic heterocycles. The molecule has 1 aliphatic rings. The highest BCUT2D eigenvalue weighted by molar-refractivity contribution is 5.67. The Kier molecular flexibility index (Phi) is 10.1. The number of esters is 2. The molecular weight excluding hydrogens is 548 g/mol. The average Bonchev–Trinajstić information content (AvgIpc) is 2.91. The highest BCUT2D eigenvalue weighted by atomic mass is 16.7. The first kappa shape index (κ1) is 30.7. The summed E-state index contributed by atoms with van der Waals surface area (Å²) < 4.78 is 32.5. The molecule has 15 heteroatoms. The van der Waals surface area contributed by atoms with Crippen molar-refractivity contribution in [1.29, 1.82) is 0 Å². The Hall–Kier alpha value is -4.79. The number of carbonyl (C=O) groups is 3. The van der Waals surface area contributed by atoms with Gasteiger partial charge in [-0.1, -0.05) is 19.9 Å². The number of carbonyl (C=O) groups excluding carboxylic acids is 3. The van der Waals surface area contributed by atoms with Crippen LogP contribution in [0.15, 0.2) is 42.5 Å². The third-order valence-corrected chi connectivity index (χ3v) is 6.08. The summed E-state index contributed by atoms with van der Waals surface area (Å²) in [4.78, 5) is 56.9. The Labute approximate surface area is 233 Å². The zero-order valence-corrected chi connectivity index (χ0v) is 22.5. The van der Waals surface area contributed by atoms with Crippen molar-refractivity contribution in [1.82, 2.24) is 0 Å². The first-order valence-corrected chi connectivity index (χ1v) is 12.4. The largest absolute Gasteiger partial charge is 0.514 e. The molecule has 1 aliphatic heterocycles. The number of non-ortho nitro benzene ring substituents is 1. The Morgan fingerprint density at radius 3 is 2.12 bits per heavy atom. The summed E-state index contributed by atoms with van der Waals surface area (Å²) in [6.07, 6.45) is -4.64. The summed E-state index contributed by atoms with van der Waals surface area (Å²) in [7, 11) is 0. The van der Waals surface area contributed by atoms with E-state index in [2.05, 4.69) is 0 Å². The van der Waals surface area contributed by atoms with E-state index in [1.807, 2.05) is 6.92 Å². The maximum absolute atomic E-state index is 12.0. The van der Waals surface area contributed by atoms with Gasteiger partial charge in [0.05, 0.1) is 16.0 Å². The lowest BCUT2D eigenvalue weighted by Crippen LogP contribution is -2.58. The second-order valence-electron chi connectivity index (χ2n) is 9.03. The average molecular weight is 577 g/mol. The van der Waals surface area contributed by atoms with Crippen LogP contribution in [0, 0.1) is 26.1 Å². The Balaban J connectivity index is 1.76. The van der Waals surface area contributed by atoms with Crippen LogP contribution in [-0.2, 0) is 35.1 Å². The van der Waals surface area contributed by atoms with E-state index in [-0.39, 0.29) is 28.7 Å². The zero-order valence-electron chi connectivity index (χ0n) is 22.5. The normalized spacial score (nSPS) is 21.7. The molecule has 1 heterocycles. The molecule has 1 unspecified atom stereocenters. The van der Waals surface area contributed by atoms with Gasteiger partial charge in [-0.05, 0) is 30.2 Å². The number of rotatable bonds is 10. The second kappa shape index (κ2) is 13.5. The van der Waals surface area contributed by atoms with E-state index >= 15 is 0 Å². The van der Waals surface area contributed by atoms with E-state index in [4.69, 9.17) is 28.4 Å². The lowest BCUT2D eigenvalue weighted by molar-refractivity contribution is -0.387. The van der Waals surface area contributed by atoms with Gasteiger partial charge in [-0.3, -0.25) is 29.8 Å². The molecule has 0 radical (unpaired) electrons.